The largest absolute Gasteiger partial charge is 0.488 e. The summed E-state index contributed by atoms with van der Waals surface area (Å²) < 4.78 is 6.70. The van der Waals surface area contributed by atoms with Gasteiger partial charge in [0.15, 0.2) is 0 Å². The number of benzene rings is 3. The number of carbonyl (C=O) groups excluding carboxylic acids is 2. The van der Waals surface area contributed by atoms with Gasteiger partial charge in [-0.25, -0.2) is 0 Å². The van der Waals surface area contributed by atoms with Crippen molar-refractivity contribution in [2.24, 2.45) is 0 Å². The first kappa shape index (κ1) is 24.7. The van der Waals surface area contributed by atoms with Gasteiger partial charge in [0.05, 0.1) is 9.83 Å². The van der Waals surface area contributed by atoms with E-state index in [0.29, 0.717) is 34.7 Å². The maximum Gasteiger partial charge on any atom is 0.293 e. The van der Waals surface area contributed by atoms with Crippen molar-refractivity contribution < 1.29 is 19.2 Å². The number of amides is 2. The van der Waals surface area contributed by atoms with Crippen molar-refractivity contribution >= 4 is 50.6 Å². The highest BCUT2D eigenvalue weighted by molar-refractivity contribution is 9.10. The molecule has 1 aliphatic heterocycles. The van der Waals surface area contributed by atoms with Crippen molar-refractivity contribution in [3.8, 4) is 5.75 Å². The molecule has 0 radical (unpaired) electrons. The summed E-state index contributed by atoms with van der Waals surface area (Å²) in [5.74, 6) is 0.174. The number of nitrogens with zero attached hydrogens (tertiary/aromatic N) is 2. The lowest BCUT2D eigenvalue weighted by Gasteiger charge is -2.12. The van der Waals surface area contributed by atoms with Gasteiger partial charge in [-0.2, -0.15) is 0 Å². The first-order valence-corrected chi connectivity index (χ1v) is 12.5. The molecule has 0 aromatic heterocycles. The lowest BCUT2D eigenvalue weighted by atomic mass is 10.1. The van der Waals surface area contributed by atoms with Crippen LogP contribution in [0.4, 0.5) is 10.5 Å². The maximum atomic E-state index is 12.9. The van der Waals surface area contributed by atoms with Crippen LogP contribution in [-0.4, -0.2) is 27.5 Å². The Balaban J connectivity index is 1.46. The monoisotopic (exact) mass is 552 g/mol. The van der Waals surface area contributed by atoms with E-state index in [4.69, 9.17) is 4.74 Å². The molecule has 3 aromatic carbocycles. The fourth-order valence-electron chi connectivity index (χ4n) is 3.60. The fraction of sp³-hybridized carbons (Fsp3) is 0.154. The zero-order valence-electron chi connectivity index (χ0n) is 18.6. The molecule has 0 saturated carbocycles. The number of ether oxygens (including phenoxy) is 1. The average molecular weight is 553 g/mol. The fourth-order valence-corrected chi connectivity index (χ4v) is 4.84. The summed E-state index contributed by atoms with van der Waals surface area (Å²) in [6, 6.07) is 21.5. The highest BCUT2D eigenvalue weighted by Gasteiger charge is 2.34. The maximum absolute atomic E-state index is 12.9. The third-order valence-electron chi connectivity index (χ3n) is 5.34. The second-order valence-electron chi connectivity index (χ2n) is 7.82. The summed E-state index contributed by atoms with van der Waals surface area (Å²) in [5.41, 5.74) is 2.42. The molecule has 9 heteroatoms. The van der Waals surface area contributed by atoms with E-state index in [1.165, 1.54) is 17.0 Å². The van der Waals surface area contributed by atoms with Crippen molar-refractivity contribution in [3.05, 3.63) is 109 Å². The molecule has 35 heavy (non-hydrogen) atoms. The Bertz CT molecular complexity index is 1300. The van der Waals surface area contributed by atoms with E-state index in [1.807, 2.05) is 30.3 Å². The Labute approximate surface area is 215 Å². The normalized spacial score (nSPS) is 14.5. The van der Waals surface area contributed by atoms with Crippen LogP contribution < -0.4 is 4.74 Å². The third kappa shape index (κ3) is 6.37. The molecule has 0 unspecified atom stereocenters. The van der Waals surface area contributed by atoms with Gasteiger partial charge in [0.1, 0.15) is 12.4 Å². The molecular weight excluding hydrogens is 532 g/mol. The predicted octanol–water partition coefficient (Wildman–Crippen LogP) is 6.61. The second kappa shape index (κ2) is 11.3. The summed E-state index contributed by atoms with van der Waals surface area (Å²) in [6.07, 6.45) is 3.11. The van der Waals surface area contributed by atoms with Crippen LogP contribution in [0.15, 0.2) is 82.2 Å². The number of aryl methyl sites for hydroxylation is 1. The Morgan fingerprint density at radius 3 is 2.54 bits per heavy atom. The molecule has 1 aliphatic rings. The second-order valence-corrected chi connectivity index (χ2v) is 9.73. The van der Waals surface area contributed by atoms with Gasteiger partial charge in [-0.15, -0.1) is 0 Å². The molecular formula is C26H21BrN2O5S. The topological polar surface area (TPSA) is 89.7 Å². The van der Waals surface area contributed by atoms with Crippen LogP contribution in [0.3, 0.4) is 0 Å². The van der Waals surface area contributed by atoms with E-state index >= 15 is 0 Å². The smallest absolute Gasteiger partial charge is 0.293 e. The number of imide groups is 1. The van der Waals surface area contributed by atoms with Crippen LogP contribution in [0.1, 0.15) is 23.1 Å². The molecule has 2 amide bonds. The van der Waals surface area contributed by atoms with Crippen molar-refractivity contribution in [2.75, 3.05) is 6.54 Å². The zero-order chi connectivity index (χ0) is 24.8. The van der Waals surface area contributed by atoms with Crippen LogP contribution in [0, 0.1) is 10.1 Å². The summed E-state index contributed by atoms with van der Waals surface area (Å²) in [4.78, 5) is 37.6. The van der Waals surface area contributed by atoms with Crippen molar-refractivity contribution in [3.63, 3.8) is 0 Å². The Morgan fingerprint density at radius 2 is 1.77 bits per heavy atom. The summed E-state index contributed by atoms with van der Waals surface area (Å²) in [6.45, 7) is 0.469. The molecule has 0 spiro atoms. The predicted molar refractivity (Wildman–Crippen MR) is 139 cm³/mol. The van der Waals surface area contributed by atoms with Gasteiger partial charge in [0.2, 0.25) is 0 Å². The number of hydrogen-bond acceptors (Lipinski definition) is 6. The van der Waals surface area contributed by atoms with Crippen molar-refractivity contribution in [1.29, 1.82) is 0 Å². The minimum absolute atomic E-state index is 0.0110. The number of nitro groups is 1. The quantitative estimate of drug-likeness (QED) is 0.168. The van der Waals surface area contributed by atoms with Crippen LogP contribution in [0.5, 0.6) is 5.75 Å². The molecule has 3 aromatic rings. The SMILES string of the molecule is O=C1S/C(=C/c2cc(Br)ccc2OCc2cccc([N+](=O)[O-])c2)C(=O)N1CCCc1ccccc1. The number of carbonyl (C=O) groups is 2. The first-order valence-electron chi connectivity index (χ1n) is 10.9. The van der Waals surface area contributed by atoms with Gasteiger partial charge < -0.3 is 4.74 Å². The van der Waals surface area contributed by atoms with Crippen molar-refractivity contribution in [1.82, 2.24) is 4.90 Å². The van der Waals surface area contributed by atoms with Gasteiger partial charge >= 0.3 is 0 Å². The van der Waals surface area contributed by atoms with Crippen molar-refractivity contribution in [2.45, 2.75) is 19.4 Å². The minimum atomic E-state index is -0.454. The molecule has 0 aliphatic carbocycles. The molecule has 1 saturated heterocycles. The van der Waals surface area contributed by atoms with Crippen LogP contribution in [0.2, 0.25) is 0 Å². The van der Waals surface area contributed by atoms with E-state index in [0.717, 1.165) is 28.2 Å². The number of hydrogen-bond donors (Lipinski definition) is 0. The summed E-state index contributed by atoms with van der Waals surface area (Å²) in [5, 5.41) is 10.7. The first-order chi connectivity index (χ1) is 16.9. The average Bonchev–Trinajstić information content (AvgIpc) is 3.11. The van der Waals surface area contributed by atoms with E-state index < -0.39 is 4.92 Å². The standard InChI is InChI=1S/C26H21BrN2O5S/c27-21-11-12-23(34-17-19-8-4-10-22(14-19)29(32)33)20(15-21)16-24-25(30)28(26(31)35-24)13-5-9-18-6-2-1-3-7-18/h1-4,6-8,10-12,14-16H,5,9,13,17H2/b24-16+. The summed E-state index contributed by atoms with van der Waals surface area (Å²) in [7, 11) is 0. The molecule has 4 rings (SSSR count). The molecule has 1 fully saturated rings. The number of nitro benzene ring substituents is 1. The van der Waals surface area contributed by atoms with Gasteiger partial charge in [0, 0.05) is 28.7 Å². The van der Waals surface area contributed by atoms with Crippen LogP contribution >= 0.6 is 27.7 Å². The van der Waals surface area contributed by atoms with Gasteiger partial charge in [-0.1, -0.05) is 58.4 Å². The Kier molecular flexibility index (Phi) is 7.99. The van der Waals surface area contributed by atoms with Gasteiger partial charge in [-0.05, 0) is 60.0 Å². The highest BCUT2D eigenvalue weighted by Crippen LogP contribution is 2.35. The minimum Gasteiger partial charge on any atom is -0.488 e. The van der Waals surface area contributed by atoms with Crippen LogP contribution in [0.25, 0.3) is 6.08 Å². The lowest BCUT2D eigenvalue weighted by Crippen LogP contribution is -2.29. The number of thioether (sulfide) groups is 1. The number of rotatable bonds is 9. The molecule has 0 atom stereocenters. The van der Waals surface area contributed by atoms with E-state index in [2.05, 4.69) is 15.9 Å². The van der Waals surface area contributed by atoms with E-state index in [-0.39, 0.29) is 23.4 Å². The highest BCUT2D eigenvalue weighted by atomic mass is 79.9. The zero-order valence-corrected chi connectivity index (χ0v) is 21.0. The van der Waals surface area contributed by atoms with E-state index in [9.17, 15) is 19.7 Å². The molecule has 0 N–H and O–H groups in total. The molecule has 1 heterocycles. The third-order valence-corrected chi connectivity index (χ3v) is 6.74. The Morgan fingerprint density at radius 1 is 1.00 bits per heavy atom. The van der Waals surface area contributed by atoms with Gasteiger partial charge in [0.25, 0.3) is 16.8 Å². The number of halogens is 1. The molecule has 7 nitrogen and oxygen atoms in total. The van der Waals surface area contributed by atoms with Crippen LogP contribution in [-0.2, 0) is 17.8 Å². The molecule has 0 bridgehead atoms. The number of non-ortho nitro benzene ring substituents is 1. The lowest BCUT2D eigenvalue weighted by molar-refractivity contribution is -0.384. The molecule has 178 valence electrons. The van der Waals surface area contributed by atoms with Gasteiger partial charge in [-0.3, -0.25) is 24.6 Å². The Hall–Kier alpha value is -3.43. The summed E-state index contributed by atoms with van der Waals surface area (Å²) >= 11 is 4.34. The van der Waals surface area contributed by atoms with E-state index in [1.54, 1.807) is 36.4 Å².